The maximum atomic E-state index is 12.1. The summed E-state index contributed by atoms with van der Waals surface area (Å²) in [6.45, 7) is 6.16. The fourth-order valence-electron chi connectivity index (χ4n) is 2.81. The molecule has 0 aliphatic heterocycles. The number of amides is 1. The Morgan fingerprint density at radius 2 is 2.26 bits per heavy atom. The Morgan fingerprint density at radius 1 is 1.52 bits per heavy atom. The van der Waals surface area contributed by atoms with Crippen molar-refractivity contribution < 1.29 is 9.21 Å². The van der Waals surface area contributed by atoms with Gasteiger partial charge in [0.25, 0.3) is 0 Å². The van der Waals surface area contributed by atoms with Crippen molar-refractivity contribution in [3.05, 3.63) is 47.2 Å². The van der Waals surface area contributed by atoms with Gasteiger partial charge in [0, 0.05) is 30.3 Å². The molecule has 0 radical (unpaired) electrons. The Morgan fingerprint density at radius 3 is 2.87 bits per heavy atom. The SMILES string of the molecule is Cc1c([C@H](C)NC(=O)/C=C/c2ccc([C@@H]3C[C@H]3C)o2)cnn1C. The van der Waals surface area contributed by atoms with E-state index in [4.69, 9.17) is 4.42 Å². The van der Waals surface area contributed by atoms with Gasteiger partial charge in [-0.25, -0.2) is 0 Å². The van der Waals surface area contributed by atoms with E-state index in [0.717, 1.165) is 22.8 Å². The third-order valence-electron chi connectivity index (χ3n) is 4.62. The summed E-state index contributed by atoms with van der Waals surface area (Å²) in [6.07, 6.45) is 6.22. The summed E-state index contributed by atoms with van der Waals surface area (Å²) in [4.78, 5) is 12.1. The molecule has 0 aromatic carbocycles. The largest absolute Gasteiger partial charge is 0.461 e. The lowest BCUT2D eigenvalue weighted by Crippen LogP contribution is -2.24. The van der Waals surface area contributed by atoms with E-state index in [1.807, 2.05) is 33.0 Å². The van der Waals surface area contributed by atoms with Crippen molar-refractivity contribution in [3.63, 3.8) is 0 Å². The molecular weight excluding hydrogens is 290 g/mol. The van der Waals surface area contributed by atoms with Crippen molar-refractivity contribution >= 4 is 12.0 Å². The third kappa shape index (κ3) is 3.38. The van der Waals surface area contributed by atoms with Crippen LogP contribution in [0.3, 0.4) is 0 Å². The summed E-state index contributed by atoms with van der Waals surface area (Å²) in [6, 6.07) is 3.84. The minimum atomic E-state index is -0.140. The Labute approximate surface area is 136 Å². The van der Waals surface area contributed by atoms with Crippen LogP contribution in [0.25, 0.3) is 6.08 Å². The van der Waals surface area contributed by atoms with Crippen LogP contribution in [-0.2, 0) is 11.8 Å². The Kier molecular flexibility index (Phi) is 4.11. The Hall–Kier alpha value is -2.30. The quantitative estimate of drug-likeness (QED) is 0.861. The highest BCUT2D eigenvalue weighted by Crippen LogP contribution is 2.47. The molecule has 2 aromatic rings. The van der Waals surface area contributed by atoms with E-state index in [9.17, 15) is 4.79 Å². The highest BCUT2D eigenvalue weighted by Gasteiger charge is 2.36. The van der Waals surface area contributed by atoms with Crippen LogP contribution in [0.5, 0.6) is 0 Å². The molecule has 5 nitrogen and oxygen atoms in total. The van der Waals surface area contributed by atoms with Crippen LogP contribution < -0.4 is 5.32 Å². The number of furan rings is 1. The molecule has 1 saturated carbocycles. The van der Waals surface area contributed by atoms with Gasteiger partial charge in [0.05, 0.1) is 12.2 Å². The maximum Gasteiger partial charge on any atom is 0.244 e. The van der Waals surface area contributed by atoms with Gasteiger partial charge in [0.2, 0.25) is 5.91 Å². The second-order valence-corrected chi connectivity index (χ2v) is 6.43. The summed E-state index contributed by atoms with van der Waals surface area (Å²) in [5, 5.41) is 7.15. The number of nitrogens with one attached hydrogen (secondary N) is 1. The second kappa shape index (κ2) is 6.07. The molecule has 1 amide bonds. The molecule has 0 spiro atoms. The lowest BCUT2D eigenvalue weighted by atomic mass is 10.1. The fraction of sp³-hybridized carbons (Fsp3) is 0.444. The van der Waals surface area contributed by atoms with Gasteiger partial charge in [-0.2, -0.15) is 5.10 Å². The number of carbonyl (C=O) groups is 1. The van der Waals surface area contributed by atoms with Crippen LogP contribution in [0, 0.1) is 12.8 Å². The number of hydrogen-bond acceptors (Lipinski definition) is 3. The van der Waals surface area contributed by atoms with E-state index in [2.05, 4.69) is 17.3 Å². The predicted molar refractivity (Wildman–Crippen MR) is 88.8 cm³/mol. The van der Waals surface area contributed by atoms with Gasteiger partial charge in [-0.1, -0.05) is 6.92 Å². The summed E-state index contributed by atoms with van der Waals surface area (Å²) >= 11 is 0. The first kappa shape index (κ1) is 15.6. The highest BCUT2D eigenvalue weighted by atomic mass is 16.3. The molecule has 3 rings (SSSR count). The van der Waals surface area contributed by atoms with Crippen molar-refractivity contribution in [2.45, 2.75) is 39.2 Å². The van der Waals surface area contributed by atoms with E-state index in [0.29, 0.717) is 11.8 Å². The molecule has 0 unspecified atom stereocenters. The topological polar surface area (TPSA) is 60.1 Å². The van der Waals surface area contributed by atoms with Crippen molar-refractivity contribution in [1.29, 1.82) is 0 Å². The number of hydrogen-bond donors (Lipinski definition) is 1. The number of aromatic nitrogens is 2. The molecule has 122 valence electrons. The minimum absolute atomic E-state index is 0.0830. The second-order valence-electron chi connectivity index (χ2n) is 6.43. The highest BCUT2D eigenvalue weighted by molar-refractivity contribution is 5.91. The zero-order valence-electron chi connectivity index (χ0n) is 14.0. The van der Waals surface area contributed by atoms with Crippen molar-refractivity contribution in [1.82, 2.24) is 15.1 Å². The lowest BCUT2D eigenvalue weighted by Gasteiger charge is -2.11. The Balaban J connectivity index is 1.58. The van der Waals surface area contributed by atoms with E-state index in [-0.39, 0.29) is 11.9 Å². The number of carbonyl (C=O) groups excluding carboxylic acids is 1. The number of aryl methyl sites for hydroxylation is 1. The van der Waals surface area contributed by atoms with E-state index >= 15 is 0 Å². The molecule has 1 aliphatic rings. The third-order valence-corrected chi connectivity index (χ3v) is 4.62. The average Bonchev–Trinajstić information content (AvgIpc) is 2.93. The summed E-state index contributed by atoms with van der Waals surface area (Å²) < 4.78 is 7.56. The molecule has 0 bridgehead atoms. The van der Waals surface area contributed by atoms with Gasteiger partial charge in [-0.3, -0.25) is 9.48 Å². The Bertz CT molecular complexity index is 741. The molecule has 1 N–H and O–H groups in total. The fourth-order valence-corrected chi connectivity index (χ4v) is 2.81. The van der Waals surface area contributed by atoms with Crippen molar-refractivity contribution in [2.24, 2.45) is 13.0 Å². The van der Waals surface area contributed by atoms with Crippen LogP contribution in [0.15, 0.2) is 28.8 Å². The van der Waals surface area contributed by atoms with Crippen LogP contribution in [0.1, 0.15) is 55.0 Å². The monoisotopic (exact) mass is 313 g/mol. The first-order valence-corrected chi connectivity index (χ1v) is 8.02. The van der Waals surface area contributed by atoms with Gasteiger partial charge in [0.1, 0.15) is 11.5 Å². The predicted octanol–water partition coefficient (Wildman–Crippen LogP) is 3.34. The molecule has 5 heteroatoms. The summed E-state index contributed by atoms with van der Waals surface area (Å²) in [7, 11) is 1.89. The van der Waals surface area contributed by atoms with Crippen LogP contribution >= 0.6 is 0 Å². The van der Waals surface area contributed by atoms with Crippen LogP contribution in [0.2, 0.25) is 0 Å². The number of rotatable bonds is 5. The van der Waals surface area contributed by atoms with E-state index < -0.39 is 0 Å². The number of nitrogens with zero attached hydrogens (tertiary/aromatic N) is 2. The van der Waals surface area contributed by atoms with Crippen molar-refractivity contribution in [3.8, 4) is 0 Å². The van der Waals surface area contributed by atoms with Crippen LogP contribution in [-0.4, -0.2) is 15.7 Å². The zero-order valence-corrected chi connectivity index (χ0v) is 14.0. The van der Waals surface area contributed by atoms with Gasteiger partial charge in [-0.15, -0.1) is 0 Å². The van der Waals surface area contributed by atoms with Gasteiger partial charge in [0.15, 0.2) is 0 Å². The standard InChI is InChI=1S/C18H23N3O2/c1-11-9-15(11)17-7-5-14(23-17)6-8-18(22)20-12(2)16-10-19-21(4)13(16)3/h5-8,10-12,15H,9H2,1-4H3,(H,20,22)/b8-6+/t11-,12+,15-/m1/s1. The van der Waals surface area contributed by atoms with Crippen molar-refractivity contribution in [2.75, 3.05) is 0 Å². The van der Waals surface area contributed by atoms with Gasteiger partial charge >= 0.3 is 0 Å². The maximum absolute atomic E-state index is 12.1. The first-order valence-electron chi connectivity index (χ1n) is 8.02. The summed E-state index contributed by atoms with van der Waals surface area (Å²) in [5.74, 6) is 2.87. The van der Waals surface area contributed by atoms with Gasteiger partial charge < -0.3 is 9.73 Å². The summed E-state index contributed by atoms with van der Waals surface area (Å²) in [5.41, 5.74) is 2.08. The zero-order chi connectivity index (χ0) is 16.6. The first-order chi connectivity index (χ1) is 11.0. The molecule has 23 heavy (non-hydrogen) atoms. The van der Waals surface area contributed by atoms with Gasteiger partial charge in [-0.05, 0) is 44.4 Å². The smallest absolute Gasteiger partial charge is 0.244 e. The molecule has 0 saturated heterocycles. The molecule has 1 aliphatic carbocycles. The molecule has 2 aromatic heterocycles. The van der Waals surface area contributed by atoms with Crippen LogP contribution in [0.4, 0.5) is 0 Å². The molecular formula is C18H23N3O2. The van der Waals surface area contributed by atoms with E-state index in [1.54, 1.807) is 17.0 Å². The minimum Gasteiger partial charge on any atom is -0.461 e. The van der Waals surface area contributed by atoms with E-state index in [1.165, 1.54) is 12.5 Å². The molecule has 2 heterocycles. The molecule has 3 atom stereocenters. The normalized spacial score (nSPS) is 21.6. The average molecular weight is 313 g/mol. The lowest BCUT2D eigenvalue weighted by molar-refractivity contribution is -0.117. The molecule has 1 fully saturated rings.